The van der Waals surface area contributed by atoms with Gasteiger partial charge in [0.25, 0.3) is 0 Å². The second-order valence-corrected chi connectivity index (χ2v) is 3.48. The zero-order chi connectivity index (χ0) is 11.5. The van der Waals surface area contributed by atoms with Crippen LogP contribution in [0.25, 0.3) is 0 Å². The summed E-state index contributed by atoms with van der Waals surface area (Å²) in [7, 11) is 1.58. The Morgan fingerprint density at radius 2 is 2.19 bits per heavy atom. The Kier molecular flexibility index (Phi) is 2.96. The largest absolute Gasteiger partial charge is 0.497 e. The summed E-state index contributed by atoms with van der Waals surface area (Å²) < 4.78 is 9.90. The van der Waals surface area contributed by atoms with E-state index in [-0.39, 0.29) is 19.3 Å². The Hall–Kier alpha value is -1.75. The summed E-state index contributed by atoms with van der Waals surface area (Å²) in [4.78, 5) is 12.9. The zero-order valence-corrected chi connectivity index (χ0v) is 8.92. The summed E-state index contributed by atoms with van der Waals surface area (Å²) in [6.45, 7) is 0.110. The van der Waals surface area contributed by atoms with E-state index in [1.54, 1.807) is 31.4 Å². The zero-order valence-electron chi connectivity index (χ0n) is 8.92. The van der Waals surface area contributed by atoms with Crippen LogP contribution in [-0.2, 0) is 4.74 Å². The van der Waals surface area contributed by atoms with Gasteiger partial charge in [-0.1, -0.05) is 0 Å². The van der Waals surface area contributed by atoms with Crippen LogP contribution in [0.4, 0.5) is 10.5 Å². The molecule has 16 heavy (non-hydrogen) atoms. The van der Waals surface area contributed by atoms with Crippen molar-refractivity contribution in [2.24, 2.45) is 0 Å². The van der Waals surface area contributed by atoms with Crippen molar-refractivity contribution in [3.05, 3.63) is 24.3 Å². The van der Waals surface area contributed by atoms with Crippen molar-refractivity contribution in [1.82, 2.24) is 0 Å². The standard InChI is InChI=1S/C11H13NO4/c1-15-10-4-2-8(3-5-10)12-9(6-13)7-16-11(12)14/h2-5,9,13H,6-7H2,1H3. The van der Waals surface area contributed by atoms with Gasteiger partial charge in [0.1, 0.15) is 12.4 Å². The number of carbonyl (C=O) groups excluding carboxylic acids is 1. The van der Waals surface area contributed by atoms with Gasteiger partial charge in [-0.3, -0.25) is 4.90 Å². The molecule has 1 N–H and O–H groups in total. The molecular formula is C11H13NO4. The summed E-state index contributed by atoms with van der Waals surface area (Å²) in [6.07, 6.45) is -0.427. The molecule has 1 aliphatic rings. The predicted molar refractivity (Wildman–Crippen MR) is 57.7 cm³/mol. The van der Waals surface area contributed by atoms with E-state index >= 15 is 0 Å². The summed E-state index contributed by atoms with van der Waals surface area (Å²) in [6, 6.07) is 6.73. The minimum Gasteiger partial charge on any atom is -0.497 e. The third-order valence-electron chi connectivity index (χ3n) is 2.52. The molecule has 0 radical (unpaired) electrons. The van der Waals surface area contributed by atoms with E-state index in [0.29, 0.717) is 5.69 Å². The molecule has 2 rings (SSSR count). The molecule has 0 spiro atoms. The Labute approximate surface area is 93.2 Å². The average Bonchev–Trinajstić information content (AvgIpc) is 2.70. The van der Waals surface area contributed by atoms with Crippen LogP contribution in [0.15, 0.2) is 24.3 Å². The summed E-state index contributed by atoms with van der Waals surface area (Å²) in [5.41, 5.74) is 0.697. The van der Waals surface area contributed by atoms with Gasteiger partial charge in [0.05, 0.1) is 19.8 Å². The number of rotatable bonds is 3. The number of amides is 1. The molecule has 1 unspecified atom stereocenters. The van der Waals surface area contributed by atoms with Gasteiger partial charge in [0, 0.05) is 5.69 Å². The van der Waals surface area contributed by atoms with Crippen LogP contribution in [0.1, 0.15) is 0 Å². The van der Waals surface area contributed by atoms with E-state index in [2.05, 4.69) is 0 Å². The highest BCUT2D eigenvalue weighted by molar-refractivity contribution is 5.90. The Morgan fingerprint density at radius 1 is 1.50 bits per heavy atom. The minimum absolute atomic E-state index is 0.113. The summed E-state index contributed by atoms with van der Waals surface area (Å²) in [5, 5.41) is 9.12. The molecule has 5 heteroatoms. The fourth-order valence-corrected chi connectivity index (χ4v) is 1.65. The number of carbonyl (C=O) groups is 1. The van der Waals surface area contributed by atoms with Crippen LogP contribution in [-0.4, -0.2) is 37.6 Å². The highest BCUT2D eigenvalue weighted by atomic mass is 16.6. The number of aliphatic hydroxyl groups is 1. The second kappa shape index (κ2) is 4.40. The fraction of sp³-hybridized carbons (Fsp3) is 0.364. The first-order valence-electron chi connectivity index (χ1n) is 4.97. The highest BCUT2D eigenvalue weighted by Crippen LogP contribution is 2.25. The van der Waals surface area contributed by atoms with E-state index in [1.807, 2.05) is 0 Å². The number of benzene rings is 1. The average molecular weight is 223 g/mol. The quantitative estimate of drug-likeness (QED) is 0.830. The van der Waals surface area contributed by atoms with Gasteiger partial charge >= 0.3 is 6.09 Å². The molecule has 1 aliphatic heterocycles. The summed E-state index contributed by atoms with van der Waals surface area (Å²) >= 11 is 0. The normalized spacial score (nSPS) is 19.8. The number of nitrogens with zero attached hydrogens (tertiary/aromatic N) is 1. The Morgan fingerprint density at radius 3 is 2.75 bits per heavy atom. The van der Waals surface area contributed by atoms with Gasteiger partial charge in [-0.2, -0.15) is 0 Å². The molecule has 1 amide bonds. The van der Waals surface area contributed by atoms with Crippen molar-refractivity contribution in [2.75, 3.05) is 25.2 Å². The molecule has 86 valence electrons. The predicted octanol–water partition coefficient (Wildman–Crippen LogP) is 1.01. The first-order valence-corrected chi connectivity index (χ1v) is 4.97. The van der Waals surface area contributed by atoms with E-state index in [9.17, 15) is 4.79 Å². The van der Waals surface area contributed by atoms with Crippen molar-refractivity contribution in [1.29, 1.82) is 0 Å². The maximum Gasteiger partial charge on any atom is 0.414 e. The first kappa shape index (κ1) is 10.8. The Bertz CT molecular complexity index is 376. The number of ether oxygens (including phenoxy) is 2. The Balaban J connectivity index is 2.24. The molecule has 1 saturated heterocycles. The SMILES string of the molecule is COc1ccc(N2C(=O)OCC2CO)cc1. The van der Waals surface area contributed by atoms with Gasteiger partial charge in [-0.05, 0) is 24.3 Å². The number of hydrogen-bond acceptors (Lipinski definition) is 4. The number of cyclic esters (lactones) is 1. The van der Waals surface area contributed by atoms with E-state index < -0.39 is 6.09 Å². The minimum atomic E-state index is -0.427. The van der Waals surface area contributed by atoms with Crippen LogP contribution < -0.4 is 9.64 Å². The van der Waals surface area contributed by atoms with Gasteiger partial charge in [0.15, 0.2) is 0 Å². The van der Waals surface area contributed by atoms with Crippen LogP contribution in [0.3, 0.4) is 0 Å². The van der Waals surface area contributed by atoms with Gasteiger partial charge in [-0.25, -0.2) is 4.79 Å². The molecule has 0 aliphatic carbocycles. The molecule has 1 aromatic rings. The lowest BCUT2D eigenvalue weighted by atomic mass is 10.2. The molecule has 1 atom stereocenters. The lowest BCUT2D eigenvalue weighted by Crippen LogP contribution is -2.35. The van der Waals surface area contributed by atoms with Crippen molar-refractivity contribution in [3.63, 3.8) is 0 Å². The fourth-order valence-electron chi connectivity index (χ4n) is 1.65. The van der Waals surface area contributed by atoms with E-state index in [1.165, 1.54) is 4.90 Å². The highest BCUT2D eigenvalue weighted by Gasteiger charge is 2.33. The van der Waals surface area contributed by atoms with E-state index in [0.717, 1.165) is 5.75 Å². The number of methoxy groups -OCH3 is 1. The van der Waals surface area contributed by atoms with Gasteiger partial charge in [0.2, 0.25) is 0 Å². The first-order chi connectivity index (χ1) is 7.76. The monoisotopic (exact) mass is 223 g/mol. The molecule has 5 nitrogen and oxygen atoms in total. The number of anilines is 1. The third-order valence-corrected chi connectivity index (χ3v) is 2.52. The smallest absolute Gasteiger partial charge is 0.414 e. The molecule has 0 aromatic heterocycles. The van der Waals surface area contributed by atoms with Crippen molar-refractivity contribution in [3.8, 4) is 5.75 Å². The molecule has 1 fully saturated rings. The number of aliphatic hydroxyl groups excluding tert-OH is 1. The van der Waals surface area contributed by atoms with Crippen molar-refractivity contribution in [2.45, 2.75) is 6.04 Å². The second-order valence-electron chi connectivity index (χ2n) is 3.48. The molecule has 0 bridgehead atoms. The third kappa shape index (κ3) is 1.81. The van der Waals surface area contributed by atoms with Crippen molar-refractivity contribution < 1.29 is 19.4 Å². The van der Waals surface area contributed by atoms with Crippen LogP contribution >= 0.6 is 0 Å². The molecule has 1 heterocycles. The van der Waals surface area contributed by atoms with Crippen LogP contribution in [0.5, 0.6) is 5.75 Å². The topological polar surface area (TPSA) is 59.0 Å². The maximum absolute atomic E-state index is 11.5. The molecular weight excluding hydrogens is 210 g/mol. The van der Waals surface area contributed by atoms with Gasteiger partial charge < -0.3 is 14.6 Å². The van der Waals surface area contributed by atoms with Gasteiger partial charge in [-0.15, -0.1) is 0 Å². The van der Waals surface area contributed by atoms with Crippen LogP contribution in [0.2, 0.25) is 0 Å². The molecule has 1 aromatic carbocycles. The van der Waals surface area contributed by atoms with Crippen molar-refractivity contribution >= 4 is 11.8 Å². The lowest BCUT2D eigenvalue weighted by molar-refractivity contribution is 0.174. The number of hydrogen-bond donors (Lipinski definition) is 1. The van der Waals surface area contributed by atoms with E-state index in [4.69, 9.17) is 14.6 Å². The molecule has 0 saturated carbocycles. The maximum atomic E-state index is 11.5. The van der Waals surface area contributed by atoms with Crippen LogP contribution in [0, 0.1) is 0 Å². The lowest BCUT2D eigenvalue weighted by Gasteiger charge is -2.19. The summed E-state index contributed by atoms with van der Waals surface area (Å²) in [5.74, 6) is 0.719.